The molecule has 120 valence electrons. The van der Waals surface area contributed by atoms with Crippen LogP contribution in [0.1, 0.15) is 38.2 Å². The number of hydrogen-bond donors (Lipinski definition) is 1. The normalized spacial score (nSPS) is 28.6. The van der Waals surface area contributed by atoms with Gasteiger partial charge in [-0.05, 0) is 50.9 Å². The van der Waals surface area contributed by atoms with Gasteiger partial charge in [0, 0.05) is 25.0 Å². The maximum Gasteiger partial charge on any atom is 0.231 e. The summed E-state index contributed by atoms with van der Waals surface area (Å²) in [6.45, 7) is 6.83. The number of methoxy groups -OCH3 is 1. The van der Waals surface area contributed by atoms with Gasteiger partial charge in [0.1, 0.15) is 5.75 Å². The van der Waals surface area contributed by atoms with Crippen LogP contribution in [0.4, 0.5) is 0 Å². The molecule has 1 spiro atoms. The lowest BCUT2D eigenvalue weighted by Gasteiger charge is -2.37. The van der Waals surface area contributed by atoms with Gasteiger partial charge in [-0.15, -0.1) is 0 Å². The second-order valence-corrected chi connectivity index (χ2v) is 6.82. The first-order valence-corrected chi connectivity index (χ1v) is 8.24. The number of hydrogen-bond acceptors (Lipinski definition) is 3. The minimum absolute atomic E-state index is 0.241. The van der Waals surface area contributed by atoms with E-state index in [2.05, 4.69) is 36.2 Å². The van der Waals surface area contributed by atoms with Crippen LogP contribution in [-0.4, -0.2) is 43.6 Å². The van der Waals surface area contributed by atoms with Gasteiger partial charge in [0.15, 0.2) is 0 Å². The van der Waals surface area contributed by atoms with E-state index in [-0.39, 0.29) is 17.4 Å². The molecule has 0 aromatic heterocycles. The quantitative estimate of drug-likeness (QED) is 0.932. The predicted molar refractivity (Wildman–Crippen MR) is 87.1 cm³/mol. The van der Waals surface area contributed by atoms with E-state index in [1.807, 2.05) is 12.1 Å². The number of benzene rings is 1. The van der Waals surface area contributed by atoms with Crippen LogP contribution in [0.3, 0.4) is 0 Å². The van der Waals surface area contributed by atoms with Crippen LogP contribution in [0.25, 0.3) is 0 Å². The Morgan fingerprint density at radius 2 is 2.23 bits per heavy atom. The largest absolute Gasteiger partial charge is 0.497 e. The molecule has 1 N–H and O–H groups in total. The van der Waals surface area contributed by atoms with Gasteiger partial charge in [-0.3, -0.25) is 4.79 Å². The van der Waals surface area contributed by atoms with E-state index in [1.165, 1.54) is 5.56 Å². The first-order chi connectivity index (χ1) is 10.6. The Bertz CT molecular complexity index is 550. The van der Waals surface area contributed by atoms with Crippen LogP contribution in [0.2, 0.25) is 0 Å². The van der Waals surface area contributed by atoms with Gasteiger partial charge in [0.25, 0.3) is 0 Å². The van der Waals surface area contributed by atoms with E-state index < -0.39 is 0 Å². The molecule has 4 nitrogen and oxygen atoms in total. The first kappa shape index (κ1) is 15.3. The summed E-state index contributed by atoms with van der Waals surface area (Å²) in [4.78, 5) is 15.2. The molecular weight excluding hydrogens is 276 g/mol. The third-order valence-corrected chi connectivity index (χ3v) is 5.27. The third kappa shape index (κ3) is 2.39. The minimum Gasteiger partial charge on any atom is -0.497 e. The molecule has 2 aliphatic heterocycles. The molecule has 2 heterocycles. The van der Waals surface area contributed by atoms with Crippen molar-refractivity contribution in [3.63, 3.8) is 0 Å². The Labute approximate surface area is 132 Å². The third-order valence-electron chi connectivity index (χ3n) is 5.27. The smallest absolute Gasteiger partial charge is 0.231 e. The van der Waals surface area contributed by atoms with Crippen molar-refractivity contribution < 1.29 is 9.53 Å². The van der Waals surface area contributed by atoms with Crippen molar-refractivity contribution in [1.82, 2.24) is 10.2 Å². The topological polar surface area (TPSA) is 41.6 Å². The molecule has 0 radical (unpaired) electrons. The van der Waals surface area contributed by atoms with Crippen molar-refractivity contribution in [2.75, 3.05) is 26.7 Å². The molecule has 2 saturated heterocycles. The molecule has 0 saturated carbocycles. The number of ether oxygens (including phenoxy) is 1. The number of piperidine rings is 1. The molecule has 1 aromatic rings. The van der Waals surface area contributed by atoms with Crippen LogP contribution in [-0.2, 0) is 4.79 Å². The summed E-state index contributed by atoms with van der Waals surface area (Å²) in [6, 6.07) is 8.48. The van der Waals surface area contributed by atoms with Crippen LogP contribution in [0.5, 0.6) is 5.75 Å². The van der Waals surface area contributed by atoms with Gasteiger partial charge in [-0.1, -0.05) is 12.1 Å². The summed E-state index contributed by atoms with van der Waals surface area (Å²) in [5, 5.41) is 3.46. The Morgan fingerprint density at radius 3 is 2.86 bits per heavy atom. The first-order valence-electron chi connectivity index (χ1n) is 8.24. The predicted octanol–water partition coefficient (Wildman–Crippen LogP) is 2.40. The Kier molecular flexibility index (Phi) is 4.13. The zero-order chi connectivity index (χ0) is 15.7. The Morgan fingerprint density at radius 1 is 1.41 bits per heavy atom. The second kappa shape index (κ2) is 5.92. The zero-order valence-corrected chi connectivity index (χ0v) is 13.8. The van der Waals surface area contributed by atoms with Gasteiger partial charge in [0.2, 0.25) is 5.91 Å². The van der Waals surface area contributed by atoms with E-state index in [0.717, 1.165) is 38.2 Å². The zero-order valence-electron chi connectivity index (χ0n) is 13.8. The molecule has 0 aliphatic carbocycles. The monoisotopic (exact) mass is 302 g/mol. The van der Waals surface area contributed by atoms with E-state index >= 15 is 0 Å². The number of nitrogens with zero attached hydrogens (tertiary/aromatic N) is 1. The van der Waals surface area contributed by atoms with Crippen molar-refractivity contribution in [2.45, 2.75) is 38.6 Å². The number of carbonyl (C=O) groups is 1. The molecule has 0 bridgehead atoms. The molecular formula is C18H26N2O2. The average molecular weight is 302 g/mol. The van der Waals surface area contributed by atoms with Gasteiger partial charge < -0.3 is 15.0 Å². The maximum absolute atomic E-state index is 13.1. The van der Waals surface area contributed by atoms with E-state index in [9.17, 15) is 4.79 Å². The summed E-state index contributed by atoms with van der Waals surface area (Å²) in [7, 11) is 1.69. The number of amides is 1. The van der Waals surface area contributed by atoms with Gasteiger partial charge in [-0.2, -0.15) is 0 Å². The van der Waals surface area contributed by atoms with Crippen LogP contribution >= 0.6 is 0 Å². The van der Waals surface area contributed by atoms with Crippen LogP contribution < -0.4 is 10.1 Å². The number of nitrogens with one attached hydrogen (secondary N) is 1. The molecule has 1 amide bonds. The fourth-order valence-corrected chi connectivity index (χ4v) is 4.03. The van der Waals surface area contributed by atoms with Crippen molar-refractivity contribution in [1.29, 1.82) is 0 Å². The van der Waals surface area contributed by atoms with Crippen LogP contribution in [0.15, 0.2) is 24.3 Å². The van der Waals surface area contributed by atoms with Gasteiger partial charge in [-0.25, -0.2) is 0 Å². The summed E-state index contributed by atoms with van der Waals surface area (Å²) in [6.07, 6.45) is 2.04. The number of likely N-dealkylation sites (tertiary alicyclic amines) is 1. The van der Waals surface area contributed by atoms with E-state index in [0.29, 0.717) is 5.91 Å². The molecule has 2 atom stereocenters. The number of carbonyl (C=O) groups excluding carboxylic acids is 1. The molecule has 1 aromatic carbocycles. The number of rotatable bonds is 3. The highest BCUT2D eigenvalue weighted by Crippen LogP contribution is 2.48. The standard InChI is InChI=1S/C18H26N2O2/c1-13(2)20-11-16(14-6-4-7-15(10-14)22-3)18(17(20)21)8-5-9-19-12-18/h4,6-7,10,13,16,19H,5,8-9,11-12H2,1-3H3/t16-,18+/m1/s1. The molecule has 22 heavy (non-hydrogen) atoms. The lowest BCUT2D eigenvalue weighted by molar-refractivity contribution is -0.138. The summed E-state index contributed by atoms with van der Waals surface area (Å²) < 4.78 is 5.38. The second-order valence-electron chi connectivity index (χ2n) is 6.82. The highest BCUT2D eigenvalue weighted by molar-refractivity contribution is 5.87. The fraction of sp³-hybridized carbons (Fsp3) is 0.611. The highest BCUT2D eigenvalue weighted by Gasteiger charge is 2.54. The van der Waals surface area contributed by atoms with E-state index in [1.54, 1.807) is 7.11 Å². The fourth-order valence-electron chi connectivity index (χ4n) is 4.03. The Balaban J connectivity index is 2.01. The van der Waals surface area contributed by atoms with Crippen molar-refractivity contribution in [3.8, 4) is 5.75 Å². The lowest BCUT2D eigenvalue weighted by atomic mass is 9.69. The lowest BCUT2D eigenvalue weighted by Crippen LogP contribution is -2.48. The van der Waals surface area contributed by atoms with E-state index in [4.69, 9.17) is 4.74 Å². The summed E-state index contributed by atoms with van der Waals surface area (Å²) in [5.74, 6) is 1.43. The average Bonchev–Trinajstić information content (AvgIpc) is 2.81. The summed E-state index contributed by atoms with van der Waals surface area (Å²) >= 11 is 0. The molecule has 3 rings (SSSR count). The molecule has 4 heteroatoms. The van der Waals surface area contributed by atoms with Gasteiger partial charge in [0.05, 0.1) is 12.5 Å². The molecule has 2 aliphatic rings. The van der Waals surface area contributed by atoms with Crippen molar-refractivity contribution in [3.05, 3.63) is 29.8 Å². The van der Waals surface area contributed by atoms with Crippen LogP contribution in [0, 0.1) is 5.41 Å². The summed E-state index contributed by atoms with van der Waals surface area (Å²) in [5.41, 5.74) is 0.939. The SMILES string of the molecule is COc1cccc([C@H]2CN(C(C)C)C(=O)[C@]23CCCNC3)c1. The molecule has 2 fully saturated rings. The maximum atomic E-state index is 13.1. The highest BCUT2D eigenvalue weighted by atomic mass is 16.5. The Hall–Kier alpha value is -1.55. The van der Waals surface area contributed by atoms with Crippen molar-refractivity contribution in [2.24, 2.45) is 5.41 Å². The van der Waals surface area contributed by atoms with Gasteiger partial charge >= 0.3 is 0 Å². The minimum atomic E-state index is -0.283. The van der Waals surface area contributed by atoms with Crippen molar-refractivity contribution >= 4 is 5.91 Å². The molecule has 0 unspecified atom stereocenters.